The molecule has 68 valence electrons. The van der Waals surface area contributed by atoms with Crippen molar-refractivity contribution in [3.8, 4) is 0 Å². The van der Waals surface area contributed by atoms with Gasteiger partial charge in [-0.05, 0) is 17.5 Å². The monoisotopic (exact) mass is 174 g/mol. The molecule has 2 aliphatic rings. The van der Waals surface area contributed by atoms with Crippen LogP contribution < -0.4 is 11.1 Å². The highest BCUT2D eigenvalue weighted by Gasteiger charge is 2.48. The van der Waals surface area contributed by atoms with Crippen molar-refractivity contribution in [3.05, 3.63) is 35.4 Å². The summed E-state index contributed by atoms with van der Waals surface area (Å²) in [5.74, 6) is 0. The van der Waals surface area contributed by atoms with E-state index in [9.17, 15) is 0 Å². The molecule has 1 aliphatic heterocycles. The van der Waals surface area contributed by atoms with Crippen LogP contribution in [-0.2, 0) is 6.42 Å². The van der Waals surface area contributed by atoms with Gasteiger partial charge < -0.3 is 11.1 Å². The van der Waals surface area contributed by atoms with E-state index in [4.69, 9.17) is 5.73 Å². The van der Waals surface area contributed by atoms with Crippen LogP contribution in [0.2, 0.25) is 0 Å². The lowest BCUT2D eigenvalue weighted by molar-refractivity contribution is 0.143. The van der Waals surface area contributed by atoms with Crippen LogP contribution >= 0.6 is 0 Å². The first-order valence-corrected chi connectivity index (χ1v) is 4.86. The van der Waals surface area contributed by atoms with E-state index in [0.29, 0.717) is 5.41 Å². The Bertz CT molecular complexity index is 342. The van der Waals surface area contributed by atoms with Crippen LogP contribution in [0.1, 0.15) is 17.2 Å². The highest BCUT2D eigenvalue weighted by molar-refractivity contribution is 5.39. The highest BCUT2D eigenvalue weighted by Crippen LogP contribution is 2.46. The second-order valence-electron chi connectivity index (χ2n) is 4.32. The lowest BCUT2D eigenvalue weighted by Crippen LogP contribution is -2.57. The third-order valence-electron chi connectivity index (χ3n) is 3.55. The number of nitrogens with two attached hydrogens (primary N) is 1. The molecule has 0 aromatic heterocycles. The summed E-state index contributed by atoms with van der Waals surface area (Å²) in [6, 6.07) is 8.83. The molecule has 2 nitrogen and oxygen atoms in total. The first-order chi connectivity index (χ1) is 6.32. The third kappa shape index (κ3) is 0.847. The van der Waals surface area contributed by atoms with Crippen molar-refractivity contribution in [2.45, 2.75) is 12.5 Å². The molecule has 0 radical (unpaired) electrons. The van der Waals surface area contributed by atoms with Crippen LogP contribution in [0.25, 0.3) is 0 Å². The Morgan fingerprint density at radius 2 is 2.08 bits per heavy atom. The highest BCUT2D eigenvalue weighted by atomic mass is 15.0. The van der Waals surface area contributed by atoms with Gasteiger partial charge in [0.1, 0.15) is 0 Å². The first-order valence-electron chi connectivity index (χ1n) is 4.86. The van der Waals surface area contributed by atoms with E-state index in [0.717, 1.165) is 19.5 Å². The molecule has 1 aliphatic carbocycles. The van der Waals surface area contributed by atoms with Crippen molar-refractivity contribution in [2.75, 3.05) is 13.1 Å². The van der Waals surface area contributed by atoms with Gasteiger partial charge in [0.2, 0.25) is 0 Å². The fourth-order valence-electron chi connectivity index (χ4n) is 2.61. The number of fused-ring (bicyclic) bond motifs is 1. The van der Waals surface area contributed by atoms with Crippen LogP contribution in [0.15, 0.2) is 24.3 Å². The summed E-state index contributed by atoms with van der Waals surface area (Å²) in [6.07, 6.45) is 1.16. The van der Waals surface area contributed by atoms with Crippen LogP contribution in [0, 0.1) is 5.41 Å². The first kappa shape index (κ1) is 7.54. The fourth-order valence-corrected chi connectivity index (χ4v) is 2.61. The zero-order chi connectivity index (χ0) is 8.89. The minimum atomic E-state index is 0.255. The summed E-state index contributed by atoms with van der Waals surface area (Å²) in [5.41, 5.74) is 9.42. The van der Waals surface area contributed by atoms with Crippen LogP contribution in [0.5, 0.6) is 0 Å². The second kappa shape index (κ2) is 2.34. The van der Waals surface area contributed by atoms with Gasteiger partial charge in [0.15, 0.2) is 0 Å². The number of nitrogens with one attached hydrogen (secondary N) is 1. The quantitative estimate of drug-likeness (QED) is 0.611. The SMILES string of the molecule is N[C@H]1c2ccccc2CC12CNC2. The Morgan fingerprint density at radius 3 is 2.69 bits per heavy atom. The Labute approximate surface area is 78.1 Å². The summed E-state index contributed by atoms with van der Waals surface area (Å²) < 4.78 is 0. The third-order valence-corrected chi connectivity index (χ3v) is 3.55. The topological polar surface area (TPSA) is 38.0 Å². The molecule has 1 atom stereocenters. The van der Waals surface area contributed by atoms with E-state index in [-0.39, 0.29) is 6.04 Å². The molecule has 1 aromatic carbocycles. The lowest BCUT2D eigenvalue weighted by atomic mass is 9.76. The van der Waals surface area contributed by atoms with Gasteiger partial charge in [0.25, 0.3) is 0 Å². The second-order valence-corrected chi connectivity index (χ2v) is 4.32. The fraction of sp³-hybridized carbons (Fsp3) is 0.455. The molecular formula is C11H14N2. The molecule has 1 fully saturated rings. The van der Waals surface area contributed by atoms with Gasteiger partial charge in [-0.1, -0.05) is 24.3 Å². The molecule has 3 rings (SSSR count). The molecule has 13 heavy (non-hydrogen) atoms. The predicted molar refractivity (Wildman–Crippen MR) is 52.4 cm³/mol. The maximum atomic E-state index is 6.25. The Balaban J connectivity index is 2.06. The number of benzene rings is 1. The van der Waals surface area contributed by atoms with Crippen molar-refractivity contribution in [1.82, 2.24) is 5.32 Å². The van der Waals surface area contributed by atoms with Gasteiger partial charge in [-0.3, -0.25) is 0 Å². The standard InChI is InChI=1S/C11H14N2/c12-10-9-4-2-1-3-8(9)5-11(10)6-13-7-11/h1-4,10,13H,5-7,12H2/t10-/m0/s1. The largest absolute Gasteiger partial charge is 0.323 e. The van der Waals surface area contributed by atoms with Gasteiger partial charge in [-0.15, -0.1) is 0 Å². The molecule has 1 spiro atoms. The molecule has 3 N–H and O–H groups in total. The van der Waals surface area contributed by atoms with Gasteiger partial charge >= 0.3 is 0 Å². The summed E-state index contributed by atoms with van der Waals surface area (Å²) >= 11 is 0. The number of rotatable bonds is 0. The summed E-state index contributed by atoms with van der Waals surface area (Å²) in [6.45, 7) is 2.17. The van der Waals surface area contributed by atoms with Gasteiger partial charge in [0, 0.05) is 24.5 Å². The minimum Gasteiger partial charge on any atom is -0.323 e. The van der Waals surface area contributed by atoms with E-state index in [1.54, 1.807) is 0 Å². The van der Waals surface area contributed by atoms with E-state index in [1.807, 2.05) is 0 Å². The van der Waals surface area contributed by atoms with E-state index >= 15 is 0 Å². The van der Waals surface area contributed by atoms with Crippen molar-refractivity contribution in [1.29, 1.82) is 0 Å². The van der Waals surface area contributed by atoms with Gasteiger partial charge in [0.05, 0.1) is 0 Å². The summed E-state index contributed by atoms with van der Waals surface area (Å²) in [5, 5.41) is 3.33. The maximum Gasteiger partial charge on any atom is 0.0382 e. The zero-order valence-electron chi connectivity index (χ0n) is 7.59. The zero-order valence-corrected chi connectivity index (χ0v) is 7.59. The van der Waals surface area contributed by atoms with Crippen molar-refractivity contribution in [2.24, 2.45) is 11.1 Å². The molecule has 1 aromatic rings. The predicted octanol–water partition coefficient (Wildman–Crippen LogP) is 0.832. The number of hydrogen-bond acceptors (Lipinski definition) is 2. The summed E-state index contributed by atoms with van der Waals surface area (Å²) in [4.78, 5) is 0. The minimum absolute atomic E-state index is 0.255. The van der Waals surface area contributed by atoms with E-state index in [1.165, 1.54) is 11.1 Å². The van der Waals surface area contributed by atoms with Crippen molar-refractivity contribution >= 4 is 0 Å². The molecule has 1 saturated heterocycles. The van der Waals surface area contributed by atoms with E-state index in [2.05, 4.69) is 29.6 Å². The molecule has 1 heterocycles. The van der Waals surface area contributed by atoms with Crippen molar-refractivity contribution < 1.29 is 0 Å². The van der Waals surface area contributed by atoms with Crippen LogP contribution in [0.3, 0.4) is 0 Å². The smallest absolute Gasteiger partial charge is 0.0382 e. The van der Waals surface area contributed by atoms with Crippen molar-refractivity contribution in [3.63, 3.8) is 0 Å². The van der Waals surface area contributed by atoms with Crippen LogP contribution in [-0.4, -0.2) is 13.1 Å². The molecular weight excluding hydrogens is 160 g/mol. The molecule has 2 heteroatoms. The maximum absolute atomic E-state index is 6.25. The average Bonchev–Trinajstić information content (AvgIpc) is 2.40. The average molecular weight is 174 g/mol. The van der Waals surface area contributed by atoms with Gasteiger partial charge in [-0.2, -0.15) is 0 Å². The van der Waals surface area contributed by atoms with E-state index < -0.39 is 0 Å². The van der Waals surface area contributed by atoms with Gasteiger partial charge in [-0.25, -0.2) is 0 Å². The lowest BCUT2D eigenvalue weighted by Gasteiger charge is -2.43. The summed E-state index contributed by atoms with van der Waals surface area (Å²) in [7, 11) is 0. The Morgan fingerprint density at radius 1 is 1.31 bits per heavy atom. The normalized spacial score (nSPS) is 28.5. The molecule has 0 amide bonds. The Hall–Kier alpha value is -0.860. The number of hydrogen-bond donors (Lipinski definition) is 2. The molecule has 0 unspecified atom stereocenters. The van der Waals surface area contributed by atoms with Crippen LogP contribution in [0.4, 0.5) is 0 Å². The molecule has 0 bridgehead atoms. The Kier molecular flexibility index (Phi) is 1.35. The molecule has 0 saturated carbocycles.